The average molecular weight is 372 g/mol. The van der Waals surface area contributed by atoms with Gasteiger partial charge in [-0.05, 0) is 12.2 Å². The van der Waals surface area contributed by atoms with Gasteiger partial charge in [0.2, 0.25) is 10.4 Å². The van der Waals surface area contributed by atoms with Crippen LogP contribution < -0.4 is 51.4 Å². The fourth-order valence-electron chi connectivity index (χ4n) is 1.62. The third-order valence-electron chi connectivity index (χ3n) is 2.65. The van der Waals surface area contributed by atoms with Crippen LogP contribution in [0.1, 0.15) is 6.42 Å². The van der Waals surface area contributed by atoms with Crippen LogP contribution in [-0.4, -0.2) is 82.2 Å². The Bertz CT molecular complexity index is 391. The van der Waals surface area contributed by atoms with Gasteiger partial charge in [0.15, 0.2) is 0 Å². The third-order valence-corrected chi connectivity index (χ3v) is 4.35. The summed E-state index contributed by atoms with van der Waals surface area (Å²) in [6.45, 7) is -0.810. The molecule has 0 unspecified atom stereocenters. The van der Waals surface area contributed by atoms with Gasteiger partial charge in [0.25, 0.3) is 0 Å². The average Bonchev–Trinajstić information content (AvgIpc) is 2.37. The van der Waals surface area contributed by atoms with Gasteiger partial charge < -0.3 is 29.7 Å². The zero-order chi connectivity index (χ0) is 15.3. The minimum Gasteiger partial charge on any atom is -0.726 e. The summed E-state index contributed by atoms with van der Waals surface area (Å²) in [5.74, 6) is 0.290. The minimum atomic E-state index is -4.72. The Kier molecular flexibility index (Phi) is 11.3. The van der Waals surface area contributed by atoms with E-state index < -0.39 is 46.9 Å². The SMILES string of the molecule is O=S(=O)([O-])OCCCS[C@@H]1O[C@H](CO)[C@@H](O)[C@H](O)[C@H]1O.[K+]. The normalized spacial score (nSPS) is 33.5. The Morgan fingerprint density at radius 2 is 1.81 bits per heavy atom. The maximum absolute atomic E-state index is 10.2. The van der Waals surface area contributed by atoms with E-state index in [-0.39, 0.29) is 70.2 Å². The monoisotopic (exact) mass is 372 g/mol. The summed E-state index contributed by atoms with van der Waals surface area (Å²) in [5.41, 5.74) is -0.880. The Balaban J connectivity index is 0.00000400. The molecule has 9 nitrogen and oxygen atoms in total. The standard InChI is InChI=1S/C9H18O9S2.K/c10-4-5-6(11)7(12)8(13)9(18-5)19-3-1-2-17-20(14,15)16;/h5-13H,1-4H2,(H,14,15,16);/q;+1/p-1/t5-,6-,7+,8-,9+;/m1./s1. The fourth-order valence-corrected chi connectivity index (χ4v) is 3.04. The van der Waals surface area contributed by atoms with Gasteiger partial charge >= 0.3 is 51.4 Å². The number of aliphatic hydroxyl groups excluding tert-OH is 4. The molecule has 0 aromatic heterocycles. The van der Waals surface area contributed by atoms with Crippen molar-refractivity contribution >= 4 is 22.2 Å². The van der Waals surface area contributed by atoms with Gasteiger partial charge in [0, 0.05) is 0 Å². The van der Waals surface area contributed by atoms with E-state index in [1.165, 1.54) is 0 Å². The van der Waals surface area contributed by atoms with E-state index in [1.807, 2.05) is 0 Å². The number of hydrogen-bond acceptors (Lipinski definition) is 10. The van der Waals surface area contributed by atoms with E-state index in [0.29, 0.717) is 0 Å². The second-order valence-corrected chi connectivity index (χ2v) is 6.41. The van der Waals surface area contributed by atoms with Crippen LogP contribution in [0.3, 0.4) is 0 Å². The van der Waals surface area contributed by atoms with Gasteiger partial charge in [-0.25, -0.2) is 8.42 Å². The fraction of sp³-hybridized carbons (Fsp3) is 1.00. The summed E-state index contributed by atoms with van der Waals surface area (Å²) in [6.07, 6.45) is -4.98. The molecule has 0 spiro atoms. The summed E-state index contributed by atoms with van der Waals surface area (Å²) >= 11 is 1.05. The molecular formula is C9H17KO9S2. The first-order valence-corrected chi connectivity index (χ1v) is 8.17. The van der Waals surface area contributed by atoms with Crippen LogP contribution in [0.25, 0.3) is 0 Å². The number of rotatable bonds is 7. The maximum Gasteiger partial charge on any atom is 1.00 e. The summed E-state index contributed by atoms with van der Waals surface area (Å²) < 4.78 is 39.7. The zero-order valence-electron chi connectivity index (χ0n) is 11.4. The van der Waals surface area contributed by atoms with Crippen molar-refractivity contribution in [3.05, 3.63) is 0 Å². The van der Waals surface area contributed by atoms with E-state index in [0.717, 1.165) is 11.8 Å². The van der Waals surface area contributed by atoms with Crippen LogP contribution in [-0.2, 0) is 19.3 Å². The molecule has 0 radical (unpaired) electrons. The third kappa shape index (κ3) is 7.85. The number of hydrogen-bond donors (Lipinski definition) is 4. The van der Waals surface area contributed by atoms with E-state index in [4.69, 9.17) is 9.84 Å². The van der Waals surface area contributed by atoms with Crippen LogP contribution in [0.5, 0.6) is 0 Å². The number of ether oxygens (including phenoxy) is 1. The molecule has 0 amide bonds. The van der Waals surface area contributed by atoms with Gasteiger partial charge in [0.05, 0.1) is 13.2 Å². The van der Waals surface area contributed by atoms with E-state index in [2.05, 4.69) is 4.18 Å². The van der Waals surface area contributed by atoms with Gasteiger partial charge in [-0.2, -0.15) is 0 Å². The van der Waals surface area contributed by atoms with Crippen molar-refractivity contribution in [3.8, 4) is 0 Å². The minimum absolute atomic E-state index is 0. The second kappa shape index (κ2) is 10.5. The van der Waals surface area contributed by atoms with Crippen molar-refractivity contribution in [2.45, 2.75) is 36.3 Å². The van der Waals surface area contributed by atoms with Crippen LogP contribution >= 0.6 is 11.8 Å². The maximum atomic E-state index is 10.2. The molecule has 1 aliphatic rings. The smallest absolute Gasteiger partial charge is 0.726 e. The topological polar surface area (TPSA) is 157 Å². The van der Waals surface area contributed by atoms with E-state index in [9.17, 15) is 28.3 Å². The predicted octanol–water partition coefficient (Wildman–Crippen LogP) is -5.61. The summed E-state index contributed by atoms with van der Waals surface area (Å²) in [5, 5.41) is 37.7. The molecule has 120 valence electrons. The van der Waals surface area contributed by atoms with Crippen LogP contribution in [0, 0.1) is 0 Å². The molecule has 0 aliphatic carbocycles. The van der Waals surface area contributed by atoms with Crippen molar-refractivity contribution in [3.63, 3.8) is 0 Å². The van der Waals surface area contributed by atoms with Gasteiger partial charge in [-0.15, -0.1) is 11.8 Å². The molecule has 1 heterocycles. The molecule has 21 heavy (non-hydrogen) atoms. The van der Waals surface area contributed by atoms with Crippen LogP contribution in [0.15, 0.2) is 0 Å². The van der Waals surface area contributed by atoms with Crippen molar-refractivity contribution in [1.29, 1.82) is 0 Å². The summed E-state index contributed by atoms with van der Waals surface area (Å²) in [7, 11) is -4.72. The molecule has 12 heteroatoms. The molecule has 0 aromatic carbocycles. The molecule has 1 saturated heterocycles. The quantitative estimate of drug-likeness (QED) is 0.147. The van der Waals surface area contributed by atoms with Crippen molar-refractivity contribution in [1.82, 2.24) is 0 Å². The molecule has 0 saturated carbocycles. The Morgan fingerprint density at radius 3 is 2.33 bits per heavy atom. The summed E-state index contributed by atoms with van der Waals surface area (Å²) in [6, 6.07) is 0. The zero-order valence-corrected chi connectivity index (χ0v) is 16.1. The van der Waals surface area contributed by atoms with Gasteiger partial charge in [-0.3, -0.25) is 4.18 Å². The van der Waals surface area contributed by atoms with E-state index >= 15 is 0 Å². The van der Waals surface area contributed by atoms with Crippen molar-refractivity contribution in [2.75, 3.05) is 19.0 Å². The largest absolute Gasteiger partial charge is 1.00 e. The molecular weight excluding hydrogens is 355 g/mol. The van der Waals surface area contributed by atoms with Crippen molar-refractivity contribution < 1.29 is 93.7 Å². The molecule has 1 fully saturated rings. The summed E-state index contributed by atoms with van der Waals surface area (Å²) in [4.78, 5) is 0. The number of aliphatic hydroxyl groups is 4. The molecule has 5 atom stereocenters. The van der Waals surface area contributed by atoms with Crippen LogP contribution in [0.4, 0.5) is 0 Å². The first-order chi connectivity index (χ1) is 9.26. The predicted molar refractivity (Wildman–Crippen MR) is 66.5 cm³/mol. The first-order valence-electron chi connectivity index (χ1n) is 5.78. The molecule has 4 N–H and O–H groups in total. The van der Waals surface area contributed by atoms with Crippen molar-refractivity contribution in [2.24, 2.45) is 0 Å². The van der Waals surface area contributed by atoms with Gasteiger partial charge in [0.1, 0.15) is 29.9 Å². The molecule has 0 bridgehead atoms. The van der Waals surface area contributed by atoms with Gasteiger partial charge in [-0.1, -0.05) is 0 Å². The van der Waals surface area contributed by atoms with E-state index in [1.54, 1.807) is 0 Å². The second-order valence-electron chi connectivity index (χ2n) is 4.15. The number of thioether (sulfide) groups is 1. The van der Waals surface area contributed by atoms with Crippen LogP contribution in [0.2, 0.25) is 0 Å². The molecule has 0 aromatic rings. The Hall–Kier alpha value is 1.66. The molecule has 1 aliphatic heterocycles. The first kappa shape index (κ1) is 22.7. The Labute approximate surface area is 169 Å². The molecule has 1 rings (SSSR count). The Morgan fingerprint density at radius 1 is 1.19 bits per heavy atom.